The van der Waals surface area contributed by atoms with Crippen molar-refractivity contribution in [1.82, 2.24) is 24.7 Å². The zero-order valence-corrected chi connectivity index (χ0v) is 23.2. The molecule has 38 heavy (non-hydrogen) atoms. The van der Waals surface area contributed by atoms with E-state index in [9.17, 15) is 8.42 Å². The van der Waals surface area contributed by atoms with Crippen molar-refractivity contribution in [2.75, 3.05) is 25.5 Å². The Balaban J connectivity index is 1.78. The summed E-state index contributed by atoms with van der Waals surface area (Å²) in [6.45, 7) is 7.61. The summed E-state index contributed by atoms with van der Waals surface area (Å²) in [5.41, 5.74) is 1.58. The van der Waals surface area contributed by atoms with Crippen LogP contribution in [0.25, 0.3) is 5.69 Å². The standard InChI is InChI=1S/C25H34N6O6S/c1-15(2)37-23(18-14-26-16(3)13-27-18)17(4)38(32,33)30-25-29-28-24(21-11-8-12-36-21)31(25)22-19(34-5)9-7-10-20(22)35-6/h7,9-10,13-15,17,21,23H,8,11-12H2,1-6H3,(H,29,30)/t17-,21?,23+/m1/s1. The number of hydrogen-bond donors (Lipinski definition) is 1. The van der Waals surface area contributed by atoms with E-state index in [1.54, 1.807) is 42.8 Å². The molecule has 1 fully saturated rings. The predicted molar refractivity (Wildman–Crippen MR) is 140 cm³/mol. The lowest BCUT2D eigenvalue weighted by Crippen LogP contribution is -2.34. The molecule has 13 heteroatoms. The second-order valence-electron chi connectivity index (χ2n) is 9.27. The van der Waals surface area contributed by atoms with Crippen LogP contribution in [0.3, 0.4) is 0 Å². The fraction of sp³-hybridized carbons (Fsp3) is 0.520. The van der Waals surface area contributed by atoms with Crippen molar-refractivity contribution >= 4 is 16.0 Å². The average Bonchev–Trinajstić information content (AvgIpc) is 3.56. The zero-order valence-electron chi connectivity index (χ0n) is 22.4. The molecule has 0 bridgehead atoms. The van der Waals surface area contributed by atoms with E-state index in [2.05, 4.69) is 24.9 Å². The van der Waals surface area contributed by atoms with E-state index in [0.717, 1.165) is 12.8 Å². The van der Waals surface area contributed by atoms with E-state index in [4.69, 9.17) is 18.9 Å². The summed E-state index contributed by atoms with van der Waals surface area (Å²) in [5.74, 6) is 1.32. The molecule has 12 nitrogen and oxygen atoms in total. The Morgan fingerprint density at radius 2 is 1.79 bits per heavy atom. The normalized spacial score (nSPS) is 17.4. The molecule has 1 unspecified atom stereocenters. The van der Waals surface area contributed by atoms with Crippen LogP contribution < -0.4 is 14.2 Å². The third-order valence-corrected chi connectivity index (χ3v) is 7.88. The molecule has 3 aromatic rings. The highest BCUT2D eigenvalue weighted by Crippen LogP contribution is 2.39. The summed E-state index contributed by atoms with van der Waals surface area (Å²) in [6.07, 6.45) is 3.18. The molecular weight excluding hydrogens is 512 g/mol. The third kappa shape index (κ3) is 5.74. The van der Waals surface area contributed by atoms with E-state index in [-0.39, 0.29) is 18.2 Å². The molecule has 3 heterocycles. The predicted octanol–water partition coefficient (Wildman–Crippen LogP) is 3.53. The summed E-state index contributed by atoms with van der Waals surface area (Å²) in [7, 11) is -1.04. The molecule has 0 aliphatic carbocycles. The van der Waals surface area contributed by atoms with Gasteiger partial charge in [-0.15, -0.1) is 10.2 Å². The van der Waals surface area contributed by atoms with Gasteiger partial charge in [-0.3, -0.25) is 19.3 Å². The minimum atomic E-state index is -4.08. The molecule has 1 aromatic carbocycles. The lowest BCUT2D eigenvalue weighted by molar-refractivity contribution is 0.00394. The monoisotopic (exact) mass is 546 g/mol. The van der Waals surface area contributed by atoms with Gasteiger partial charge in [0.2, 0.25) is 16.0 Å². The fourth-order valence-electron chi connectivity index (χ4n) is 4.27. The van der Waals surface area contributed by atoms with Gasteiger partial charge in [-0.1, -0.05) is 6.07 Å². The van der Waals surface area contributed by atoms with Crippen LogP contribution in [0.5, 0.6) is 11.5 Å². The van der Waals surface area contributed by atoms with Crippen molar-refractivity contribution in [3.8, 4) is 17.2 Å². The number of nitrogens with one attached hydrogen (secondary N) is 1. The third-order valence-electron chi connectivity index (χ3n) is 6.19. The number of sulfonamides is 1. The molecule has 4 rings (SSSR count). The second kappa shape index (κ2) is 11.6. The van der Waals surface area contributed by atoms with Gasteiger partial charge < -0.3 is 18.9 Å². The number of aromatic nitrogens is 5. The number of rotatable bonds is 11. The van der Waals surface area contributed by atoms with Crippen molar-refractivity contribution in [2.24, 2.45) is 0 Å². The average molecular weight is 547 g/mol. The van der Waals surface area contributed by atoms with Crippen molar-refractivity contribution in [3.63, 3.8) is 0 Å². The molecule has 1 saturated heterocycles. The van der Waals surface area contributed by atoms with Crippen LogP contribution in [0.2, 0.25) is 0 Å². The van der Waals surface area contributed by atoms with Crippen LogP contribution in [0, 0.1) is 6.92 Å². The second-order valence-corrected chi connectivity index (χ2v) is 11.3. The first kappa shape index (κ1) is 27.7. The van der Waals surface area contributed by atoms with Crippen molar-refractivity contribution in [1.29, 1.82) is 0 Å². The van der Waals surface area contributed by atoms with E-state index in [1.807, 2.05) is 13.8 Å². The first-order chi connectivity index (χ1) is 18.2. The van der Waals surface area contributed by atoms with E-state index in [0.29, 0.717) is 41.0 Å². The fourth-order valence-corrected chi connectivity index (χ4v) is 5.37. The molecule has 0 amide bonds. The molecule has 1 aliphatic rings. The zero-order chi connectivity index (χ0) is 27.4. The van der Waals surface area contributed by atoms with Gasteiger partial charge in [0.15, 0.2) is 5.82 Å². The van der Waals surface area contributed by atoms with Crippen LogP contribution in [-0.4, -0.2) is 65.3 Å². The van der Waals surface area contributed by atoms with Crippen LogP contribution in [0.15, 0.2) is 30.6 Å². The van der Waals surface area contributed by atoms with Gasteiger partial charge in [0.25, 0.3) is 0 Å². The first-order valence-electron chi connectivity index (χ1n) is 12.4. The SMILES string of the molecule is COc1cccc(OC)c1-n1c(NS(=O)(=O)[C@H](C)[C@H](OC(C)C)c2cnc(C)cn2)nnc1C1CCCO1. The molecule has 2 aromatic heterocycles. The maximum atomic E-state index is 13.8. The largest absolute Gasteiger partial charge is 0.494 e. The lowest BCUT2D eigenvalue weighted by Gasteiger charge is -2.26. The Morgan fingerprint density at radius 3 is 2.34 bits per heavy atom. The van der Waals surface area contributed by atoms with Gasteiger partial charge in [0, 0.05) is 12.8 Å². The summed E-state index contributed by atoms with van der Waals surface area (Å²) in [5, 5.41) is 7.49. The number of para-hydroxylation sites is 1. The molecule has 0 saturated carbocycles. The van der Waals surface area contributed by atoms with Crippen LogP contribution in [0.1, 0.15) is 63.0 Å². The van der Waals surface area contributed by atoms with Crippen LogP contribution >= 0.6 is 0 Å². The number of methoxy groups -OCH3 is 2. The molecule has 1 aliphatic heterocycles. The molecule has 1 N–H and O–H groups in total. The van der Waals surface area contributed by atoms with E-state index in [1.165, 1.54) is 20.4 Å². The summed E-state index contributed by atoms with van der Waals surface area (Å²) < 4.78 is 54.8. The van der Waals surface area contributed by atoms with Crippen LogP contribution in [-0.2, 0) is 19.5 Å². The Kier molecular flexibility index (Phi) is 8.48. The molecule has 0 radical (unpaired) electrons. The van der Waals surface area contributed by atoms with Gasteiger partial charge in [0.05, 0.1) is 37.9 Å². The summed E-state index contributed by atoms with van der Waals surface area (Å²) >= 11 is 0. The highest BCUT2D eigenvalue weighted by molar-refractivity contribution is 7.93. The van der Waals surface area contributed by atoms with Gasteiger partial charge in [-0.2, -0.15) is 0 Å². The number of benzene rings is 1. The smallest absolute Gasteiger partial charge is 0.243 e. The quantitative estimate of drug-likeness (QED) is 0.380. The Hall–Kier alpha value is -3.29. The molecule has 3 atom stereocenters. The first-order valence-corrected chi connectivity index (χ1v) is 13.9. The maximum absolute atomic E-state index is 13.8. The maximum Gasteiger partial charge on any atom is 0.243 e. The molecule has 0 spiro atoms. The minimum Gasteiger partial charge on any atom is -0.494 e. The van der Waals surface area contributed by atoms with Gasteiger partial charge in [0.1, 0.15) is 34.6 Å². The molecular formula is C25H34N6O6S. The van der Waals surface area contributed by atoms with E-state index >= 15 is 0 Å². The van der Waals surface area contributed by atoms with Crippen molar-refractivity contribution in [2.45, 2.75) is 64.1 Å². The van der Waals surface area contributed by atoms with Gasteiger partial charge >= 0.3 is 0 Å². The Labute approximate surface area is 222 Å². The highest BCUT2D eigenvalue weighted by atomic mass is 32.2. The van der Waals surface area contributed by atoms with Crippen molar-refractivity contribution < 1.29 is 27.4 Å². The number of nitrogens with zero attached hydrogens (tertiary/aromatic N) is 5. The lowest BCUT2D eigenvalue weighted by atomic mass is 10.2. The number of hydrogen-bond acceptors (Lipinski definition) is 10. The Bertz CT molecular complexity index is 1320. The summed E-state index contributed by atoms with van der Waals surface area (Å²) in [6, 6.07) is 5.28. The van der Waals surface area contributed by atoms with Crippen LogP contribution in [0.4, 0.5) is 5.95 Å². The number of anilines is 1. The topological polar surface area (TPSA) is 140 Å². The van der Waals surface area contributed by atoms with E-state index < -0.39 is 21.4 Å². The minimum absolute atomic E-state index is 0.0246. The highest BCUT2D eigenvalue weighted by Gasteiger charge is 2.36. The van der Waals surface area contributed by atoms with Crippen molar-refractivity contribution in [3.05, 3.63) is 47.8 Å². The van der Waals surface area contributed by atoms with Gasteiger partial charge in [-0.05, 0) is 52.7 Å². The Morgan fingerprint density at radius 1 is 1.08 bits per heavy atom. The number of ether oxygens (including phenoxy) is 4. The molecule has 206 valence electrons. The summed E-state index contributed by atoms with van der Waals surface area (Å²) in [4.78, 5) is 8.65. The van der Waals surface area contributed by atoms with Gasteiger partial charge in [-0.25, -0.2) is 8.42 Å². The number of aryl methyl sites for hydroxylation is 1.